The van der Waals surface area contributed by atoms with Crippen molar-refractivity contribution in [1.82, 2.24) is 5.06 Å². The van der Waals surface area contributed by atoms with Crippen LogP contribution in [0.4, 0.5) is 5.69 Å². The van der Waals surface area contributed by atoms with Gasteiger partial charge in [0, 0.05) is 12.2 Å². The molecule has 2 aromatic rings. The first-order chi connectivity index (χ1) is 8.84. The summed E-state index contributed by atoms with van der Waals surface area (Å²) in [6.07, 6.45) is 0. The molecule has 0 aromatic heterocycles. The van der Waals surface area contributed by atoms with Crippen LogP contribution in [0.25, 0.3) is 0 Å². The first-order valence-corrected chi connectivity index (χ1v) is 6.15. The number of nitrogens with zero attached hydrogens (tertiary/aromatic N) is 2. The Kier molecular flexibility index (Phi) is 3.00. The van der Waals surface area contributed by atoms with Gasteiger partial charge in [0.25, 0.3) is 0 Å². The molecule has 1 fully saturated rings. The van der Waals surface area contributed by atoms with Gasteiger partial charge in [-0.3, -0.25) is 0 Å². The van der Waals surface area contributed by atoms with E-state index < -0.39 is 0 Å². The highest BCUT2D eigenvalue weighted by Crippen LogP contribution is 2.29. The highest BCUT2D eigenvalue weighted by Gasteiger charge is 2.30. The summed E-state index contributed by atoms with van der Waals surface area (Å²) in [6.45, 7) is 1.36. The minimum absolute atomic E-state index is 0.0476. The molecule has 3 rings (SSSR count). The summed E-state index contributed by atoms with van der Waals surface area (Å²) < 4.78 is 0. The molecular formula is C15H16N2O. The second-order valence-electron chi connectivity index (χ2n) is 4.57. The van der Waals surface area contributed by atoms with Crippen molar-refractivity contribution in [2.75, 3.05) is 18.1 Å². The van der Waals surface area contributed by atoms with E-state index in [-0.39, 0.29) is 6.04 Å². The summed E-state index contributed by atoms with van der Waals surface area (Å²) in [5.74, 6) is 0. The van der Waals surface area contributed by atoms with E-state index in [1.165, 1.54) is 5.06 Å². The monoisotopic (exact) mass is 240 g/mol. The number of benzene rings is 2. The Hall–Kier alpha value is -1.84. The third-order valence-corrected chi connectivity index (χ3v) is 3.37. The van der Waals surface area contributed by atoms with Crippen molar-refractivity contribution in [3.63, 3.8) is 0 Å². The van der Waals surface area contributed by atoms with E-state index in [2.05, 4.69) is 29.2 Å². The molecule has 1 unspecified atom stereocenters. The van der Waals surface area contributed by atoms with Gasteiger partial charge in [-0.2, -0.15) is 5.06 Å². The Balaban J connectivity index is 1.81. The molecule has 0 radical (unpaired) electrons. The van der Waals surface area contributed by atoms with Gasteiger partial charge in [0.2, 0.25) is 0 Å². The topological polar surface area (TPSA) is 26.7 Å². The van der Waals surface area contributed by atoms with Crippen LogP contribution < -0.4 is 4.90 Å². The predicted octanol–water partition coefficient (Wildman–Crippen LogP) is 2.90. The van der Waals surface area contributed by atoms with Crippen molar-refractivity contribution < 1.29 is 5.21 Å². The van der Waals surface area contributed by atoms with Crippen LogP contribution in [0.5, 0.6) is 0 Å². The quantitative estimate of drug-likeness (QED) is 0.874. The standard InChI is InChI=1S/C15H16N2O/c18-17-12-16(14-9-5-2-6-10-14)11-15(17)13-7-3-1-4-8-13/h1-10,15,18H,11-12H2. The first-order valence-electron chi connectivity index (χ1n) is 6.15. The van der Waals surface area contributed by atoms with Gasteiger partial charge in [-0.15, -0.1) is 0 Å². The molecule has 1 saturated heterocycles. The summed E-state index contributed by atoms with van der Waals surface area (Å²) >= 11 is 0. The lowest BCUT2D eigenvalue weighted by molar-refractivity contribution is -0.101. The highest BCUT2D eigenvalue weighted by atomic mass is 16.5. The van der Waals surface area contributed by atoms with E-state index in [1.54, 1.807) is 0 Å². The smallest absolute Gasteiger partial charge is 0.0952 e. The van der Waals surface area contributed by atoms with Crippen LogP contribution in [0, 0.1) is 0 Å². The molecule has 1 aliphatic heterocycles. The average molecular weight is 240 g/mol. The maximum atomic E-state index is 10.1. The minimum atomic E-state index is 0.0476. The van der Waals surface area contributed by atoms with E-state index in [9.17, 15) is 5.21 Å². The Morgan fingerprint density at radius 3 is 2.17 bits per heavy atom. The molecule has 1 heterocycles. The molecule has 18 heavy (non-hydrogen) atoms. The van der Waals surface area contributed by atoms with Crippen molar-refractivity contribution in [1.29, 1.82) is 0 Å². The Morgan fingerprint density at radius 1 is 0.889 bits per heavy atom. The van der Waals surface area contributed by atoms with Gasteiger partial charge in [0.15, 0.2) is 0 Å². The minimum Gasteiger partial charge on any atom is -0.354 e. The van der Waals surface area contributed by atoms with E-state index in [4.69, 9.17) is 0 Å². The zero-order valence-electron chi connectivity index (χ0n) is 10.1. The maximum absolute atomic E-state index is 10.1. The third kappa shape index (κ3) is 2.10. The molecular weight excluding hydrogens is 224 g/mol. The van der Waals surface area contributed by atoms with Gasteiger partial charge in [-0.1, -0.05) is 48.5 Å². The lowest BCUT2D eigenvalue weighted by Gasteiger charge is -2.16. The average Bonchev–Trinajstić information content (AvgIpc) is 2.83. The van der Waals surface area contributed by atoms with Crippen LogP contribution in [0.1, 0.15) is 11.6 Å². The number of rotatable bonds is 2. The van der Waals surface area contributed by atoms with E-state index in [0.717, 1.165) is 17.8 Å². The molecule has 0 amide bonds. The zero-order chi connectivity index (χ0) is 12.4. The summed E-state index contributed by atoms with van der Waals surface area (Å²) in [4.78, 5) is 2.18. The fraction of sp³-hybridized carbons (Fsp3) is 0.200. The first kappa shape index (κ1) is 11.3. The van der Waals surface area contributed by atoms with Crippen molar-refractivity contribution >= 4 is 5.69 Å². The van der Waals surface area contributed by atoms with Crippen LogP contribution >= 0.6 is 0 Å². The third-order valence-electron chi connectivity index (χ3n) is 3.37. The summed E-state index contributed by atoms with van der Waals surface area (Å²) in [5.41, 5.74) is 2.30. The zero-order valence-corrected chi connectivity index (χ0v) is 10.1. The number of hydrogen-bond acceptors (Lipinski definition) is 3. The molecule has 92 valence electrons. The second kappa shape index (κ2) is 4.80. The van der Waals surface area contributed by atoms with Crippen LogP contribution in [-0.2, 0) is 0 Å². The van der Waals surface area contributed by atoms with Gasteiger partial charge in [0.05, 0.1) is 12.7 Å². The molecule has 0 aliphatic carbocycles. The number of hydrogen-bond donors (Lipinski definition) is 1. The van der Waals surface area contributed by atoms with Gasteiger partial charge in [-0.05, 0) is 17.7 Å². The van der Waals surface area contributed by atoms with Gasteiger partial charge in [0.1, 0.15) is 0 Å². The Morgan fingerprint density at radius 2 is 1.50 bits per heavy atom. The molecule has 2 aromatic carbocycles. The predicted molar refractivity (Wildman–Crippen MR) is 71.5 cm³/mol. The summed E-state index contributed by atoms with van der Waals surface area (Å²) in [7, 11) is 0. The van der Waals surface area contributed by atoms with Crippen LogP contribution in [0.15, 0.2) is 60.7 Å². The van der Waals surface area contributed by atoms with Crippen molar-refractivity contribution in [2.24, 2.45) is 0 Å². The normalized spacial score (nSPS) is 20.3. The second-order valence-corrected chi connectivity index (χ2v) is 4.57. The molecule has 0 spiro atoms. The van der Waals surface area contributed by atoms with Gasteiger partial charge < -0.3 is 10.1 Å². The molecule has 3 nitrogen and oxygen atoms in total. The lowest BCUT2D eigenvalue weighted by atomic mass is 10.1. The fourth-order valence-corrected chi connectivity index (χ4v) is 2.41. The lowest BCUT2D eigenvalue weighted by Crippen LogP contribution is -2.22. The number of anilines is 1. The van der Waals surface area contributed by atoms with Crippen molar-refractivity contribution in [2.45, 2.75) is 6.04 Å². The molecule has 0 bridgehead atoms. The SMILES string of the molecule is ON1CN(c2ccccc2)CC1c1ccccc1. The fourth-order valence-electron chi connectivity index (χ4n) is 2.41. The van der Waals surface area contributed by atoms with Crippen LogP contribution in [-0.4, -0.2) is 23.5 Å². The van der Waals surface area contributed by atoms with Crippen LogP contribution in [0.2, 0.25) is 0 Å². The van der Waals surface area contributed by atoms with E-state index >= 15 is 0 Å². The van der Waals surface area contributed by atoms with Gasteiger partial charge in [-0.25, -0.2) is 0 Å². The van der Waals surface area contributed by atoms with E-state index in [0.29, 0.717) is 6.67 Å². The molecule has 0 saturated carbocycles. The molecule has 1 atom stereocenters. The largest absolute Gasteiger partial charge is 0.354 e. The number of para-hydroxylation sites is 1. The molecule has 3 heteroatoms. The van der Waals surface area contributed by atoms with E-state index in [1.807, 2.05) is 36.4 Å². The van der Waals surface area contributed by atoms with Crippen LogP contribution in [0.3, 0.4) is 0 Å². The van der Waals surface area contributed by atoms with Crippen molar-refractivity contribution in [3.8, 4) is 0 Å². The summed E-state index contributed by atoms with van der Waals surface area (Å²) in [6, 6.07) is 20.4. The summed E-state index contributed by atoms with van der Waals surface area (Å²) in [5, 5.41) is 11.5. The number of hydroxylamine groups is 2. The molecule has 1 aliphatic rings. The van der Waals surface area contributed by atoms with Gasteiger partial charge >= 0.3 is 0 Å². The molecule has 1 N–H and O–H groups in total. The van der Waals surface area contributed by atoms with Crippen molar-refractivity contribution in [3.05, 3.63) is 66.2 Å². The highest BCUT2D eigenvalue weighted by molar-refractivity contribution is 5.47. The maximum Gasteiger partial charge on any atom is 0.0952 e. The Labute approximate surface area is 107 Å². The Bertz CT molecular complexity index is 500.